The lowest BCUT2D eigenvalue weighted by Gasteiger charge is -2.22. The van der Waals surface area contributed by atoms with Crippen LogP contribution in [-0.2, 0) is 0 Å². The molecule has 106 valence electrons. The van der Waals surface area contributed by atoms with E-state index in [2.05, 4.69) is 17.1 Å². The van der Waals surface area contributed by atoms with Crippen LogP contribution in [0.5, 0.6) is 0 Å². The first-order valence-electron chi connectivity index (χ1n) is 8.31. The van der Waals surface area contributed by atoms with Gasteiger partial charge in [0.1, 0.15) is 0 Å². The van der Waals surface area contributed by atoms with Crippen molar-refractivity contribution in [1.82, 2.24) is 10.2 Å². The summed E-state index contributed by atoms with van der Waals surface area (Å²) in [6.45, 7) is 8.82. The van der Waals surface area contributed by atoms with Gasteiger partial charge < -0.3 is 10.2 Å². The lowest BCUT2D eigenvalue weighted by molar-refractivity contribution is 0.247. The number of rotatable bonds is 12. The van der Waals surface area contributed by atoms with Gasteiger partial charge in [-0.2, -0.15) is 0 Å². The van der Waals surface area contributed by atoms with Crippen molar-refractivity contribution in [3.63, 3.8) is 0 Å². The van der Waals surface area contributed by atoms with Crippen molar-refractivity contribution in [2.45, 2.75) is 58.3 Å². The summed E-state index contributed by atoms with van der Waals surface area (Å²) in [7, 11) is 0. The maximum atomic E-state index is 3.49. The maximum Gasteiger partial charge on any atom is 0.000978 e. The molecule has 0 aliphatic heterocycles. The van der Waals surface area contributed by atoms with E-state index in [1.807, 2.05) is 0 Å². The molecule has 0 saturated heterocycles. The van der Waals surface area contributed by atoms with Crippen LogP contribution in [0.15, 0.2) is 0 Å². The Hall–Kier alpha value is -0.0800. The average Bonchev–Trinajstić information content (AvgIpc) is 3.23. The molecule has 0 radical (unpaired) electrons. The Kier molecular flexibility index (Phi) is 6.50. The van der Waals surface area contributed by atoms with E-state index in [4.69, 9.17) is 0 Å². The first kappa shape index (κ1) is 14.3. The molecule has 0 spiro atoms. The van der Waals surface area contributed by atoms with Crippen LogP contribution in [0.3, 0.4) is 0 Å². The molecule has 0 amide bonds. The predicted octanol–water partition coefficient (Wildman–Crippen LogP) is 3.28. The molecule has 0 aromatic heterocycles. The third-order valence-corrected chi connectivity index (χ3v) is 4.18. The molecule has 0 heterocycles. The second-order valence-corrected chi connectivity index (χ2v) is 6.46. The van der Waals surface area contributed by atoms with Gasteiger partial charge in [-0.1, -0.05) is 13.3 Å². The van der Waals surface area contributed by atoms with Gasteiger partial charge in [0.25, 0.3) is 0 Å². The third kappa shape index (κ3) is 6.75. The van der Waals surface area contributed by atoms with Crippen LogP contribution in [0.4, 0.5) is 0 Å². The van der Waals surface area contributed by atoms with Gasteiger partial charge in [0, 0.05) is 13.1 Å². The summed E-state index contributed by atoms with van der Waals surface area (Å²) < 4.78 is 0. The summed E-state index contributed by atoms with van der Waals surface area (Å²) in [6.07, 6.45) is 11.4. The van der Waals surface area contributed by atoms with E-state index in [0.29, 0.717) is 0 Å². The zero-order valence-corrected chi connectivity index (χ0v) is 12.3. The van der Waals surface area contributed by atoms with Crippen molar-refractivity contribution in [3.05, 3.63) is 0 Å². The van der Waals surface area contributed by atoms with E-state index in [1.165, 1.54) is 84.1 Å². The molecule has 0 aromatic carbocycles. The fourth-order valence-electron chi connectivity index (χ4n) is 2.65. The van der Waals surface area contributed by atoms with Gasteiger partial charge >= 0.3 is 0 Å². The molecule has 0 unspecified atom stereocenters. The quantitative estimate of drug-likeness (QED) is 0.536. The molecule has 2 rings (SSSR count). The number of nitrogens with zero attached hydrogens (tertiary/aromatic N) is 1. The lowest BCUT2D eigenvalue weighted by atomic mass is 10.2. The van der Waals surface area contributed by atoms with Crippen molar-refractivity contribution in [1.29, 1.82) is 0 Å². The smallest absolute Gasteiger partial charge is 0.000978 e. The topological polar surface area (TPSA) is 15.3 Å². The van der Waals surface area contributed by atoms with Crippen molar-refractivity contribution < 1.29 is 0 Å². The second-order valence-electron chi connectivity index (χ2n) is 6.46. The predicted molar refractivity (Wildman–Crippen MR) is 78.9 cm³/mol. The highest BCUT2D eigenvalue weighted by Crippen LogP contribution is 2.33. The van der Waals surface area contributed by atoms with Crippen LogP contribution in [0.2, 0.25) is 0 Å². The van der Waals surface area contributed by atoms with Gasteiger partial charge in [0.2, 0.25) is 0 Å². The normalized spacial score (nSPS) is 19.7. The van der Waals surface area contributed by atoms with Crippen LogP contribution in [0.25, 0.3) is 0 Å². The summed E-state index contributed by atoms with van der Waals surface area (Å²) in [5, 5.41) is 3.49. The van der Waals surface area contributed by atoms with Gasteiger partial charge in [0.05, 0.1) is 0 Å². The minimum absolute atomic E-state index is 1.06. The Morgan fingerprint density at radius 3 is 2.11 bits per heavy atom. The fourth-order valence-corrected chi connectivity index (χ4v) is 2.65. The Labute approximate surface area is 114 Å². The van der Waals surface area contributed by atoms with Gasteiger partial charge in [-0.05, 0) is 76.4 Å². The minimum atomic E-state index is 1.06. The van der Waals surface area contributed by atoms with Crippen LogP contribution in [-0.4, -0.2) is 37.6 Å². The number of hydrogen-bond acceptors (Lipinski definition) is 2. The van der Waals surface area contributed by atoms with Gasteiger partial charge in [0.15, 0.2) is 0 Å². The molecule has 18 heavy (non-hydrogen) atoms. The molecule has 0 atom stereocenters. The van der Waals surface area contributed by atoms with Crippen LogP contribution in [0.1, 0.15) is 58.3 Å². The van der Waals surface area contributed by atoms with Crippen molar-refractivity contribution in [2.24, 2.45) is 11.8 Å². The van der Waals surface area contributed by atoms with E-state index >= 15 is 0 Å². The van der Waals surface area contributed by atoms with Crippen molar-refractivity contribution in [3.8, 4) is 0 Å². The summed E-state index contributed by atoms with van der Waals surface area (Å²) in [5.74, 6) is 2.13. The molecular weight excluding hydrogens is 220 g/mol. The SMILES string of the molecule is CCCNCCCCCN(CC1CC1)CC1CC1. The first-order valence-corrected chi connectivity index (χ1v) is 8.31. The lowest BCUT2D eigenvalue weighted by Crippen LogP contribution is -2.29. The zero-order valence-electron chi connectivity index (χ0n) is 12.3. The van der Waals surface area contributed by atoms with E-state index in [0.717, 1.165) is 11.8 Å². The van der Waals surface area contributed by atoms with E-state index in [1.54, 1.807) is 0 Å². The minimum Gasteiger partial charge on any atom is -0.317 e. The molecule has 1 N–H and O–H groups in total. The van der Waals surface area contributed by atoms with Crippen LogP contribution in [0, 0.1) is 11.8 Å². The third-order valence-electron chi connectivity index (χ3n) is 4.18. The molecule has 2 aliphatic carbocycles. The van der Waals surface area contributed by atoms with Crippen LogP contribution < -0.4 is 5.32 Å². The number of hydrogen-bond donors (Lipinski definition) is 1. The molecular formula is C16H32N2. The fraction of sp³-hybridized carbons (Fsp3) is 1.00. The molecule has 0 bridgehead atoms. The average molecular weight is 252 g/mol. The Morgan fingerprint density at radius 2 is 1.56 bits per heavy atom. The van der Waals surface area contributed by atoms with E-state index < -0.39 is 0 Å². The molecule has 0 aromatic rings. The van der Waals surface area contributed by atoms with Crippen LogP contribution >= 0.6 is 0 Å². The highest BCUT2D eigenvalue weighted by molar-refractivity contribution is 4.82. The van der Waals surface area contributed by atoms with Crippen molar-refractivity contribution in [2.75, 3.05) is 32.7 Å². The highest BCUT2D eigenvalue weighted by Gasteiger charge is 2.28. The number of nitrogens with one attached hydrogen (secondary N) is 1. The van der Waals surface area contributed by atoms with E-state index in [-0.39, 0.29) is 0 Å². The van der Waals surface area contributed by atoms with Gasteiger partial charge in [-0.25, -0.2) is 0 Å². The standard InChI is InChI=1S/C16H32N2/c1-2-10-17-11-4-3-5-12-18(13-15-6-7-15)14-16-8-9-16/h15-17H,2-14H2,1H3. The first-order chi connectivity index (χ1) is 8.88. The molecule has 2 saturated carbocycles. The summed E-state index contributed by atoms with van der Waals surface area (Å²) in [6, 6.07) is 0. The monoisotopic (exact) mass is 252 g/mol. The zero-order chi connectivity index (χ0) is 12.6. The van der Waals surface area contributed by atoms with Crippen molar-refractivity contribution >= 4 is 0 Å². The summed E-state index contributed by atoms with van der Waals surface area (Å²) >= 11 is 0. The second kappa shape index (κ2) is 8.16. The number of unbranched alkanes of at least 4 members (excludes halogenated alkanes) is 2. The van der Waals surface area contributed by atoms with Gasteiger partial charge in [-0.15, -0.1) is 0 Å². The molecule has 2 aliphatic rings. The Bertz CT molecular complexity index is 195. The molecule has 2 fully saturated rings. The van der Waals surface area contributed by atoms with E-state index in [9.17, 15) is 0 Å². The Morgan fingerprint density at radius 1 is 0.889 bits per heavy atom. The molecule has 2 nitrogen and oxygen atoms in total. The summed E-state index contributed by atoms with van der Waals surface area (Å²) in [4.78, 5) is 2.77. The largest absolute Gasteiger partial charge is 0.317 e. The Balaban J connectivity index is 1.45. The highest BCUT2D eigenvalue weighted by atomic mass is 15.1. The molecule has 2 heteroatoms. The summed E-state index contributed by atoms with van der Waals surface area (Å²) in [5.41, 5.74) is 0. The van der Waals surface area contributed by atoms with Gasteiger partial charge in [-0.3, -0.25) is 0 Å². The maximum absolute atomic E-state index is 3.49.